The molecule has 3 rings (SSSR count). The lowest BCUT2D eigenvalue weighted by Crippen LogP contribution is -2.02. The molecule has 0 radical (unpaired) electrons. The van der Waals surface area contributed by atoms with Crippen LogP contribution in [0.5, 0.6) is 0 Å². The molecule has 0 aliphatic heterocycles. The Bertz CT molecular complexity index is 799. The first-order valence-electron chi connectivity index (χ1n) is 6.24. The number of H-pyrrole nitrogens is 1. The quantitative estimate of drug-likeness (QED) is 0.719. The number of benzene rings is 1. The molecule has 1 N–H and O–H groups in total. The van der Waals surface area contributed by atoms with Gasteiger partial charge in [0.15, 0.2) is 4.77 Å². The molecular weight excluding hydrogens is 254 g/mol. The van der Waals surface area contributed by atoms with Gasteiger partial charge in [0.25, 0.3) is 0 Å². The van der Waals surface area contributed by atoms with Gasteiger partial charge >= 0.3 is 0 Å². The van der Waals surface area contributed by atoms with Crippen molar-refractivity contribution in [3.63, 3.8) is 0 Å². The highest BCUT2D eigenvalue weighted by molar-refractivity contribution is 7.71. The lowest BCUT2D eigenvalue weighted by Gasteiger charge is -2.08. The second-order valence-corrected chi connectivity index (χ2v) is 5.18. The number of rotatable bonds is 2. The van der Waals surface area contributed by atoms with Crippen molar-refractivity contribution >= 4 is 23.3 Å². The number of para-hydroxylation sites is 1. The molecule has 0 aliphatic rings. The molecule has 0 saturated carbocycles. The maximum atomic E-state index is 5.45. The number of aromatic amines is 1. The van der Waals surface area contributed by atoms with Crippen molar-refractivity contribution in [2.24, 2.45) is 0 Å². The van der Waals surface area contributed by atoms with E-state index in [1.54, 1.807) is 0 Å². The van der Waals surface area contributed by atoms with Crippen molar-refractivity contribution in [2.45, 2.75) is 20.4 Å². The predicted octanol–water partition coefficient (Wildman–Crippen LogP) is 3.76. The Labute approximate surface area is 116 Å². The number of aromatic nitrogens is 3. The number of nitrogens with one attached hydrogen (secondary N) is 1. The van der Waals surface area contributed by atoms with Crippen LogP contribution in [0.25, 0.3) is 11.0 Å². The fourth-order valence-corrected chi connectivity index (χ4v) is 2.67. The zero-order valence-electron chi connectivity index (χ0n) is 11.0. The summed E-state index contributed by atoms with van der Waals surface area (Å²) in [5.41, 5.74) is 5.94. The zero-order valence-corrected chi connectivity index (χ0v) is 11.8. The molecular formula is C15H15N3S. The molecule has 0 atom stereocenters. The van der Waals surface area contributed by atoms with Crippen molar-refractivity contribution in [2.75, 3.05) is 0 Å². The van der Waals surface area contributed by atoms with Crippen molar-refractivity contribution in [3.8, 4) is 0 Å². The van der Waals surface area contributed by atoms with Crippen LogP contribution in [-0.4, -0.2) is 14.5 Å². The minimum absolute atomic E-state index is 0.764. The number of nitrogens with zero attached hydrogens (tertiary/aromatic N) is 2. The van der Waals surface area contributed by atoms with Crippen LogP contribution in [0.3, 0.4) is 0 Å². The number of aryl methyl sites for hydroxylation is 2. The number of fused-ring (bicyclic) bond motifs is 1. The van der Waals surface area contributed by atoms with Crippen LogP contribution in [0.4, 0.5) is 0 Å². The molecule has 0 aliphatic carbocycles. The Kier molecular flexibility index (Phi) is 2.95. The van der Waals surface area contributed by atoms with E-state index < -0.39 is 0 Å². The van der Waals surface area contributed by atoms with Gasteiger partial charge < -0.3 is 9.55 Å². The Morgan fingerprint density at radius 2 is 2.05 bits per heavy atom. The molecule has 3 nitrogen and oxygen atoms in total. The van der Waals surface area contributed by atoms with Gasteiger partial charge in [0.1, 0.15) is 0 Å². The monoisotopic (exact) mass is 269 g/mol. The molecule has 4 heteroatoms. The van der Waals surface area contributed by atoms with Crippen LogP contribution in [-0.2, 0) is 6.54 Å². The topological polar surface area (TPSA) is 33.6 Å². The highest BCUT2D eigenvalue weighted by Crippen LogP contribution is 2.20. The van der Waals surface area contributed by atoms with E-state index >= 15 is 0 Å². The van der Waals surface area contributed by atoms with Crippen molar-refractivity contribution in [3.05, 3.63) is 58.1 Å². The van der Waals surface area contributed by atoms with E-state index in [-0.39, 0.29) is 0 Å². The van der Waals surface area contributed by atoms with Gasteiger partial charge in [0.05, 0.1) is 17.6 Å². The van der Waals surface area contributed by atoms with Gasteiger partial charge in [0, 0.05) is 12.4 Å². The van der Waals surface area contributed by atoms with E-state index in [1.165, 1.54) is 22.2 Å². The fraction of sp³-hybridized carbons (Fsp3) is 0.200. The molecule has 1 aromatic carbocycles. The van der Waals surface area contributed by atoms with E-state index in [2.05, 4.69) is 40.5 Å². The summed E-state index contributed by atoms with van der Waals surface area (Å²) >= 11 is 5.45. The van der Waals surface area contributed by atoms with Crippen LogP contribution in [0.1, 0.15) is 16.7 Å². The predicted molar refractivity (Wildman–Crippen MR) is 79.9 cm³/mol. The van der Waals surface area contributed by atoms with Gasteiger partial charge in [-0.05, 0) is 54.9 Å². The molecule has 2 aromatic heterocycles. The van der Waals surface area contributed by atoms with E-state index in [0.717, 1.165) is 16.8 Å². The maximum absolute atomic E-state index is 5.45. The molecule has 2 heterocycles. The SMILES string of the molecule is Cc1cnccc1Cn1c(=S)[nH]c2cccc(C)c21. The van der Waals surface area contributed by atoms with Gasteiger partial charge in [-0.15, -0.1) is 0 Å². The molecule has 0 amide bonds. The van der Waals surface area contributed by atoms with Gasteiger partial charge in [-0.2, -0.15) is 0 Å². The molecule has 3 aromatic rings. The summed E-state index contributed by atoms with van der Waals surface area (Å²) in [5, 5.41) is 0. The van der Waals surface area contributed by atoms with E-state index in [0.29, 0.717) is 0 Å². The lowest BCUT2D eigenvalue weighted by atomic mass is 10.1. The van der Waals surface area contributed by atoms with Gasteiger partial charge in [-0.3, -0.25) is 4.98 Å². The lowest BCUT2D eigenvalue weighted by molar-refractivity contribution is 0.801. The van der Waals surface area contributed by atoms with Crippen LogP contribution in [0.15, 0.2) is 36.7 Å². The second kappa shape index (κ2) is 4.63. The summed E-state index contributed by atoms with van der Waals surface area (Å²) in [5.74, 6) is 0. The Morgan fingerprint density at radius 1 is 1.21 bits per heavy atom. The van der Waals surface area contributed by atoms with Crippen LogP contribution in [0.2, 0.25) is 0 Å². The molecule has 19 heavy (non-hydrogen) atoms. The molecule has 0 unspecified atom stereocenters. The van der Waals surface area contributed by atoms with Crippen molar-refractivity contribution < 1.29 is 0 Å². The van der Waals surface area contributed by atoms with E-state index in [4.69, 9.17) is 12.2 Å². The second-order valence-electron chi connectivity index (χ2n) is 4.79. The van der Waals surface area contributed by atoms with Crippen LogP contribution < -0.4 is 0 Å². The van der Waals surface area contributed by atoms with E-state index in [1.807, 2.05) is 24.5 Å². The number of hydrogen-bond acceptors (Lipinski definition) is 2. The van der Waals surface area contributed by atoms with Crippen LogP contribution in [0, 0.1) is 18.6 Å². The number of imidazole rings is 1. The maximum Gasteiger partial charge on any atom is 0.178 e. The summed E-state index contributed by atoms with van der Waals surface area (Å²) in [6.07, 6.45) is 3.72. The third kappa shape index (κ3) is 2.08. The average Bonchev–Trinajstić information content (AvgIpc) is 2.70. The normalized spacial score (nSPS) is 11.1. The molecule has 0 fully saturated rings. The summed E-state index contributed by atoms with van der Waals surface area (Å²) in [7, 11) is 0. The Morgan fingerprint density at radius 3 is 2.84 bits per heavy atom. The summed E-state index contributed by atoms with van der Waals surface area (Å²) in [6, 6.07) is 8.27. The highest BCUT2D eigenvalue weighted by Gasteiger charge is 2.08. The standard InChI is InChI=1S/C15H15N3S/c1-10-4-3-5-13-14(10)18(15(19)17-13)9-12-6-7-16-8-11(12)2/h3-8H,9H2,1-2H3,(H,17,19). The third-order valence-corrected chi connectivity index (χ3v) is 3.78. The minimum atomic E-state index is 0.764. The van der Waals surface area contributed by atoms with Crippen molar-refractivity contribution in [1.29, 1.82) is 0 Å². The first-order valence-corrected chi connectivity index (χ1v) is 6.65. The Hall–Kier alpha value is -1.94. The van der Waals surface area contributed by atoms with Gasteiger partial charge in [-0.25, -0.2) is 0 Å². The first kappa shape index (κ1) is 12.1. The number of pyridine rings is 1. The van der Waals surface area contributed by atoms with Crippen molar-refractivity contribution in [1.82, 2.24) is 14.5 Å². The molecule has 0 saturated heterocycles. The Balaban J connectivity index is 2.19. The smallest absolute Gasteiger partial charge is 0.178 e. The first-order chi connectivity index (χ1) is 9.16. The van der Waals surface area contributed by atoms with Gasteiger partial charge in [0.2, 0.25) is 0 Å². The fourth-order valence-electron chi connectivity index (χ4n) is 2.40. The van der Waals surface area contributed by atoms with Crippen LogP contribution >= 0.6 is 12.2 Å². The average molecular weight is 269 g/mol. The molecule has 0 bridgehead atoms. The van der Waals surface area contributed by atoms with Gasteiger partial charge in [-0.1, -0.05) is 12.1 Å². The largest absolute Gasteiger partial charge is 0.331 e. The third-order valence-electron chi connectivity index (χ3n) is 3.46. The minimum Gasteiger partial charge on any atom is -0.331 e. The highest BCUT2D eigenvalue weighted by atomic mass is 32.1. The molecule has 0 spiro atoms. The summed E-state index contributed by atoms with van der Waals surface area (Å²) < 4.78 is 2.92. The number of hydrogen-bond donors (Lipinski definition) is 1. The van der Waals surface area contributed by atoms with E-state index in [9.17, 15) is 0 Å². The summed E-state index contributed by atoms with van der Waals surface area (Å²) in [4.78, 5) is 7.40. The summed E-state index contributed by atoms with van der Waals surface area (Å²) in [6.45, 7) is 4.96. The molecule has 96 valence electrons. The zero-order chi connectivity index (χ0) is 13.4.